The third-order valence-electron chi connectivity index (χ3n) is 1.19. The fourth-order valence-corrected chi connectivity index (χ4v) is 1.54. The topological polar surface area (TPSA) is 12.0 Å². The van der Waals surface area contributed by atoms with Crippen LogP contribution in [0.2, 0.25) is 0 Å². The van der Waals surface area contributed by atoms with Gasteiger partial charge in [0.05, 0.1) is 0 Å². The zero-order valence-electron chi connectivity index (χ0n) is 5.27. The first kappa shape index (κ1) is 6.17. The average Bonchev–Trinajstić information content (AvgIpc) is 1.65. The van der Waals surface area contributed by atoms with Crippen LogP contribution >= 0.6 is 11.8 Å². The van der Waals surface area contributed by atoms with Crippen LogP contribution in [0.1, 0.15) is 13.8 Å². The second kappa shape index (κ2) is 2.11. The third kappa shape index (κ3) is 1.53. The normalized spacial score (nSPS) is 25.8. The molecule has 0 spiro atoms. The lowest BCUT2D eigenvalue weighted by atomic mass is 10.1. The van der Waals surface area contributed by atoms with Crippen LogP contribution in [0, 0.1) is 0 Å². The van der Waals surface area contributed by atoms with Crippen molar-refractivity contribution in [2.75, 3.05) is 5.88 Å². The number of hydrogen-bond donors (Lipinski definition) is 1. The lowest BCUT2D eigenvalue weighted by Crippen LogP contribution is -2.38. The van der Waals surface area contributed by atoms with E-state index in [1.165, 1.54) is 0 Å². The molecule has 0 radical (unpaired) electrons. The number of hydrogen-bond acceptors (Lipinski definition) is 2. The summed E-state index contributed by atoms with van der Waals surface area (Å²) in [5.74, 6) is 1.05. The predicted molar refractivity (Wildman–Crippen MR) is 38.8 cm³/mol. The van der Waals surface area contributed by atoms with E-state index in [1.807, 2.05) is 0 Å². The van der Waals surface area contributed by atoms with Crippen LogP contribution in [0.5, 0.6) is 0 Å². The molecule has 0 amide bonds. The van der Waals surface area contributed by atoms with Crippen LogP contribution in [-0.2, 0) is 0 Å². The van der Waals surface area contributed by atoms with Gasteiger partial charge in [0.25, 0.3) is 0 Å². The second-order valence-corrected chi connectivity index (χ2v) is 3.41. The molecule has 0 aliphatic carbocycles. The minimum Gasteiger partial charge on any atom is -0.299 e. The molecule has 0 bridgehead atoms. The van der Waals surface area contributed by atoms with Crippen molar-refractivity contribution >= 4 is 11.8 Å². The van der Waals surface area contributed by atoms with E-state index in [1.54, 1.807) is 11.8 Å². The number of nitrogens with one attached hydrogen (secondary N) is 1. The Morgan fingerprint density at radius 2 is 2.38 bits per heavy atom. The van der Waals surface area contributed by atoms with Gasteiger partial charge in [-0.3, -0.25) is 5.32 Å². The highest BCUT2D eigenvalue weighted by Gasteiger charge is 2.13. The van der Waals surface area contributed by atoms with E-state index in [-0.39, 0.29) is 5.54 Å². The lowest BCUT2D eigenvalue weighted by molar-refractivity contribution is 0.515. The quantitative estimate of drug-likeness (QED) is 0.533. The zero-order valence-corrected chi connectivity index (χ0v) is 6.09. The largest absolute Gasteiger partial charge is 0.299 e. The molecule has 0 atom stereocenters. The first-order valence-electron chi connectivity index (χ1n) is 2.75. The van der Waals surface area contributed by atoms with Gasteiger partial charge in [0.2, 0.25) is 0 Å². The molecule has 2 heteroatoms. The lowest BCUT2D eigenvalue weighted by Gasteiger charge is -2.24. The third-order valence-corrected chi connectivity index (χ3v) is 1.83. The summed E-state index contributed by atoms with van der Waals surface area (Å²) < 4.78 is 0. The Morgan fingerprint density at radius 3 is 2.62 bits per heavy atom. The van der Waals surface area contributed by atoms with E-state index in [4.69, 9.17) is 0 Å². The summed E-state index contributed by atoms with van der Waals surface area (Å²) in [5.41, 5.74) is 0.227. The van der Waals surface area contributed by atoms with Crippen LogP contribution in [0.4, 0.5) is 0 Å². The molecular formula is C6H11NS. The van der Waals surface area contributed by atoms with E-state index in [9.17, 15) is 0 Å². The molecule has 0 saturated heterocycles. The highest BCUT2D eigenvalue weighted by atomic mass is 32.2. The molecule has 0 aromatic heterocycles. The van der Waals surface area contributed by atoms with Gasteiger partial charge >= 0.3 is 0 Å². The number of thioether (sulfide) groups is 1. The molecule has 1 heterocycles. The Balaban J connectivity index is 2.56. The fourth-order valence-electron chi connectivity index (χ4n) is 0.553. The Kier molecular flexibility index (Phi) is 1.63. The van der Waals surface area contributed by atoms with Crippen LogP contribution in [0.3, 0.4) is 0 Å². The van der Waals surface area contributed by atoms with Gasteiger partial charge < -0.3 is 0 Å². The smallest absolute Gasteiger partial charge is 0.0466 e. The van der Waals surface area contributed by atoms with Gasteiger partial charge in [0.15, 0.2) is 0 Å². The van der Waals surface area contributed by atoms with E-state index < -0.39 is 0 Å². The van der Waals surface area contributed by atoms with Crippen LogP contribution in [0.15, 0.2) is 11.5 Å². The Hall–Kier alpha value is 0.0500. The van der Waals surface area contributed by atoms with Gasteiger partial charge in [-0.15, -0.1) is 11.8 Å². The van der Waals surface area contributed by atoms with E-state index in [0.29, 0.717) is 0 Å². The van der Waals surface area contributed by atoms with Gasteiger partial charge in [0.1, 0.15) is 0 Å². The number of rotatable bonds is 0. The van der Waals surface area contributed by atoms with Crippen LogP contribution in [0.25, 0.3) is 0 Å². The summed E-state index contributed by atoms with van der Waals surface area (Å²) in [4.78, 5) is 0. The predicted octanol–water partition coefficient (Wildman–Crippen LogP) is 1.57. The van der Waals surface area contributed by atoms with Crippen molar-refractivity contribution in [2.45, 2.75) is 19.4 Å². The zero-order chi connectivity index (χ0) is 6.04. The first-order chi connectivity index (χ1) is 3.71. The molecule has 1 rings (SSSR count). The minimum absolute atomic E-state index is 0.227. The summed E-state index contributed by atoms with van der Waals surface area (Å²) in [6, 6.07) is 0. The average molecular weight is 129 g/mol. The van der Waals surface area contributed by atoms with Crippen molar-refractivity contribution in [2.24, 2.45) is 0 Å². The van der Waals surface area contributed by atoms with Gasteiger partial charge in [-0.1, -0.05) is 6.08 Å². The molecule has 0 unspecified atom stereocenters. The summed E-state index contributed by atoms with van der Waals surface area (Å²) in [5, 5.41) is 5.48. The van der Waals surface area contributed by atoms with Crippen molar-refractivity contribution in [1.82, 2.24) is 5.32 Å². The first-order valence-corrected chi connectivity index (χ1v) is 3.80. The van der Waals surface area contributed by atoms with E-state index in [0.717, 1.165) is 5.88 Å². The van der Waals surface area contributed by atoms with Gasteiger partial charge in [-0.2, -0.15) is 0 Å². The van der Waals surface area contributed by atoms with Gasteiger partial charge in [0, 0.05) is 11.4 Å². The molecule has 0 aromatic carbocycles. The molecule has 0 fully saturated rings. The standard InChI is InChI=1S/C6H11NS/c1-6(2)3-4-8-5-7-6/h3-4,7H,5H2,1-2H3. The molecule has 8 heavy (non-hydrogen) atoms. The van der Waals surface area contributed by atoms with Crippen molar-refractivity contribution in [3.8, 4) is 0 Å². The van der Waals surface area contributed by atoms with Gasteiger partial charge in [-0.05, 0) is 19.3 Å². The monoisotopic (exact) mass is 129 g/mol. The summed E-state index contributed by atoms with van der Waals surface area (Å²) in [7, 11) is 0. The highest BCUT2D eigenvalue weighted by Crippen LogP contribution is 2.14. The molecule has 1 N–H and O–H groups in total. The second-order valence-electron chi connectivity index (χ2n) is 2.51. The molecule has 1 aliphatic rings. The van der Waals surface area contributed by atoms with E-state index >= 15 is 0 Å². The fraction of sp³-hybridized carbons (Fsp3) is 0.667. The van der Waals surface area contributed by atoms with Gasteiger partial charge in [-0.25, -0.2) is 0 Å². The molecule has 46 valence electrons. The maximum absolute atomic E-state index is 3.33. The van der Waals surface area contributed by atoms with Crippen molar-refractivity contribution in [3.63, 3.8) is 0 Å². The maximum atomic E-state index is 3.33. The van der Waals surface area contributed by atoms with Crippen LogP contribution in [-0.4, -0.2) is 11.4 Å². The van der Waals surface area contributed by atoms with E-state index in [2.05, 4.69) is 30.6 Å². The molecule has 1 aliphatic heterocycles. The van der Waals surface area contributed by atoms with Crippen LogP contribution < -0.4 is 5.32 Å². The Morgan fingerprint density at radius 1 is 1.62 bits per heavy atom. The Bertz CT molecular complexity index is 107. The maximum Gasteiger partial charge on any atom is 0.0466 e. The highest BCUT2D eigenvalue weighted by molar-refractivity contribution is 8.02. The van der Waals surface area contributed by atoms with Crippen molar-refractivity contribution in [1.29, 1.82) is 0 Å². The molecule has 0 saturated carbocycles. The van der Waals surface area contributed by atoms with Crippen molar-refractivity contribution in [3.05, 3.63) is 11.5 Å². The summed E-state index contributed by atoms with van der Waals surface area (Å²) >= 11 is 1.81. The van der Waals surface area contributed by atoms with Crippen molar-refractivity contribution < 1.29 is 0 Å². The SMILES string of the molecule is CC1(C)C=CSCN1. The summed E-state index contributed by atoms with van der Waals surface area (Å²) in [6.07, 6.45) is 2.18. The minimum atomic E-state index is 0.227. The molecule has 0 aromatic rings. The Labute approximate surface area is 54.5 Å². The molecular weight excluding hydrogens is 118 g/mol. The molecule has 1 nitrogen and oxygen atoms in total. The summed E-state index contributed by atoms with van der Waals surface area (Å²) in [6.45, 7) is 4.34.